The maximum absolute atomic E-state index is 5.15. The molecule has 1 aliphatic rings. The normalized spacial score (nSPS) is 18.0. The summed E-state index contributed by atoms with van der Waals surface area (Å²) in [6, 6.07) is 1.03. The summed E-state index contributed by atoms with van der Waals surface area (Å²) in [4.78, 5) is 7.14. The molecule has 0 amide bonds. The number of rotatable bonds is 8. The molecule has 0 heterocycles. The van der Waals surface area contributed by atoms with Crippen LogP contribution in [0.3, 0.4) is 0 Å². The largest absolute Gasteiger partial charge is 0.383 e. The highest BCUT2D eigenvalue weighted by Crippen LogP contribution is 2.21. The lowest BCUT2D eigenvalue weighted by molar-refractivity contribution is 0.178. The number of likely N-dealkylation sites (N-methyl/N-ethyl adjacent to an activating group) is 1. The standard InChI is InChI=1S/C16H34N4O.HI/c1-5-17-16(19-14(2)13-21-4)18-11-12-20(3)15-9-7-6-8-10-15;/h14-15H,5-13H2,1-4H3,(H2,17,18,19);1H. The van der Waals surface area contributed by atoms with E-state index in [2.05, 4.69) is 41.4 Å². The minimum atomic E-state index is 0. The third-order valence-corrected chi connectivity index (χ3v) is 4.06. The average molecular weight is 426 g/mol. The molecule has 0 aliphatic heterocycles. The first-order valence-electron chi connectivity index (χ1n) is 8.41. The number of halogens is 1. The van der Waals surface area contributed by atoms with Crippen LogP contribution in [0.5, 0.6) is 0 Å². The van der Waals surface area contributed by atoms with Gasteiger partial charge in [0.05, 0.1) is 13.2 Å². The number of aliphatic imine (C=N–C) groups is 1. The Morgan fingerprint density at radius 1 is 1.32 bits per heavy atom. The SMILES string of the molecule is CCNC(=NCCN(C)C1CCCCC1)NC(C)COC.I. The van der Waals surface area contributed by atoms with Crippen molar-refractivity contribution in [3.63, 3.8) is 0 Å². The third-order valence-electron chi connectivity index (χ3n) is 4.06. The number of nitrogens with zero attached hydrogens (tertiary/aromatic N) is 2. The van der Waals surface area contributed by atoms with Crippen LogP contribution >= 0.6 is 24.0 Å². The van der Waals surface area contributed by atoms with Crippen molar-refractivity contribution in [2.24, 2.45) is 4.99 Å². The molecule has 1 atom stereocenters. The van der Waals surface area contributed by atoms with Gasteiger partial charge in [-0.15, -0.1) is 24.0 Å². The quantitative estimate of drug-likeness (QED) is 0.356. The van der Waals surface area contributed by atoms with Crippen molar-refractivity contribution in [3.05, 3.63) is 0 Å². The molecule has 0 aromatic heterocycles. The van der Waals surface area contributed by atoms with Crippen LogP contribution in [0.2, 0.25) is 0 Å². The van der Waals surface area contributed by atoms with Gasteiger partial charge < -0.3 is 20.3 Å². The Labute approximate surface area is 153 Å². The lowest BCUT2D eigenvalue weighted by Gasteiger charge is -2.30. The summed E-state index contributed by atoms with van der Waals surface area (Å²) in [6.07, 6.45) is 6.88. The van der Waals surface area contributed by atoms with Gasteiger partial charge in [-0.2, -0.15) is 0 Å². The van der Waals surface area contributed by atoms with Crippen LogP contribution in [0.25, 0.3) is 0 Å². The van der Waals surface area contributed by atoms with E-state index in [1.54, 1.807) is 7.11 Å². The minimum Gasteiger partial charge on any atom is -0.383 e. The molecule has 0 aromatic rings. The van der Waals surface area contributed by atoms with E-state index in [1.165, 1.54) is 32.1 Å². The summed E-state index contributed by atoms with van der Waals surface area (Å²) >= 11 is 0. The first-order valence-corrected chi connectivity index (χ1v) is 8.41. The second kappa shape index (κ2) is 13.4. The van der Waals surface area contributed by atoms with Crippen molar-refractivity contribution in [3.8, 4) is 0 Å². The van der Waals surface area contributed by atoms with Gasteiger partial charge in [0.2, 0.25) is 0 Å². The molecular weight excluding hydrogens is 391 g/mol. The fourth-order valence-corrected chi connectivity index (χ4v) is 2.87. The summed E-state index contributed by atoms with van der Waals surface area (Å²) in [6.45, 7) is 7.62. The van der Waals surface area contributed by atoms with Crippen molar-refractivity contribution >= 4 is 29.9 Å². The molecule has 6 heteroatoms. The van der Waals surface area contributed by atoms with Gasteiger partial charge in [0, 0.05) is 32.3 Å². The Morgan fingerprint density at radius 2 is 2.00 bits per heavy atom. The highest BCUT2D eigenvalue weighted by Gasteiger charge is 2.17. The first-order chi connectivity index (χ1) is 10.2. The monoisotopic (exact) mass is 426 g/mol. The second-order valence-corrected chi connectivity index (χ2v) is 6.03. The van der Waals surface area contributed by atoms with E-state index in [9.17, 15) is 0 Å². The Morgan fingerprint density at radius 3 is 2.59 bits per heavy atom. The zero-order valence-corrected chi connectivity index (χ0v) is 17.1. The number of hydrogen-bond acceptors (Lipinski definition) is 3. The zero-order chi connectivity index (χ0) is 15.5. The molecule has 5 nitrogen and oxygen atoms in total. The summed E-state index contributed by atoms with van der Waals surface area (Å²) in [5, 5.41) is 6.66. The highest BCUT2D eigenvalue weighted by molar-refractivity contribution is 14.0. The Balaban J connectivity index is 0.00000441. The van der Waals surface area contributed by atoms with Crippen LogP contribution in [-0.2, 0) is 4.74 Å². The van der Waals surface area contributed by atoms with Gasteiger partial charge in [0.15, 0.2) is 5.96 Å². The number of hydrogen-bond donors (Lipinski definition) is 2. The fraction of sp³-hybridized carbons (Fsp3) is 0.938. The van der Waals surface area contributed by atoms with Gasteiger partial charge in [0.1, 0.15) is 0 Å². The van der Waals surface area contributed by atoms with Gasteiger partial charge in [0.25, 0.3) is 0 Å². The van der Waals surface area contributed by atoms with Crippen LogP contribution in [0.4, 0.5) is 0 Å². The zero-order valence-electron chi connectivity index (χ0n) is 14.7. The van der Waals surface area contributed by atoms with Crippen molar-refractivity contribution in [1.82, 2.24) is 15.5 Å². The van der Waals surface area contributed by atoms with Crippen LogP contribution in [0, 0.1) is 0 Å². The third kappa shape index (κ3) is 9.15. The van der Waals surface area contributed by atoms with E-state index < -0.39 is 0 Å². The summed E-state index contributed by atoms with van der Waals surface area (Å²) in [5.41, 5.74) is 0. The van der Waals surface area contributed by atoms with E-state index in [1.807, 2.05) is 0 Å². The Kier molecular flexibility index (Phi) is 13.3. The van der Waals surface area contributed by atoms with E-state index in [-0.39, 0.29) is 30.0 Å². The van der Waals surface area contributed by atoms with Crippen LogP contribution in [0.1, 0.15) is 46.0 Å². The van der Waals surface area contributed by atoms with Crippen LogP contribution in [-0.4, -0.2) is 63.3 Å². The topological polar surface area (TPSA) is 48.9 Å². The van der Waals surface area contributed by atoms with E-state index in [4.69, 9.17) is 4.74 Å². The Hall–Kier alpha value is -0.0800. The maximum atomic E-state index is 5.15. The maximum Gasteiger partial charge on any atom is 0.191 e. The minimum absolute atomic E-state index is 0. The first kappa shape index (κ1) is 21.9. The molecule has 1 aliphatic carbocycles. The molecule has 1 saturated carbocycles. The van der Waals surface area contributed by atoms with Gasteiger partial charge >= 0.3 is 0 Å². The summed E-state index contributed by atoms with van der Waals surface area (Å²) in [7, 11) is 3.96. The molecular formula is C16H35IN4O. The number of guanidine groups is 1. The smallest absolute Gasteiger partial charge is 0.191 e. The number of nitrogens with one attached hydrogen (secondary N) is 2. The van der Waals surface area contributed by atoms with Crippen molar-refractivity contribution in [2.45, 2.75) is 58.0 Å². The molecule has 1 rings (SSSR count). The molecule has 2 N–H and O–H groups in total. The molecule has 1 unspecified atom stereocenters. The predicted octanol–water partition coefficient (Wildman–Crippen LogP) is 2.46. The number of ether oxygens (including phenoxy) is 1. The van der Waals surface area contributed by atoms with Crippen molar-refractivity contribution < 1.29 is 4.74 Å². The summed E-state index contributed by atoms with van der Waals surface area (Å²) in [5.74, 6) is 0.888. The molecule has 1 fully saturated rings. The fourth-order valence-electron chi connectivity index (χ4n) is 2.87. The molecule has 0 spiro atoms. The van der Waals surface area contributed by atoms with Gasteiger partial charge in [-0.25, -0.2) is 0 Å². The Bertz CT molecular complexity index is 296. The molecule has 0 radical (unpaired) electrons. The van der Waals surface area contributed by atoms with Gasteiger partial charge in [-0.3, -0.25) is 4.99 Å². The summed E-state index contributed by atoms with van der Waals surface area (Å²) < 4.78 is 5.15. The number of methoxy groups -OCH3 is 1. The van der Waals surface area contributed by atoms with Gasteiger partial charge in [-0.1, -0.05) is 19.3 Å². The van der Waals surface area contributed by atoms with E-state index in [0.29, 0.717) is 6.61 Å². The molecule has 22 heavy (non-hydrogen) atoms. The molecule has 0 bridgehead atoms. The lowest BCUT2D eigenvalue weighted by Crippen LogP contribution is -2.44. The average Bonchev–Trinajstić information content (AvgIpc) is 2.48. The van der Waals surface area contributed by atoms with E-state index >= 15 is 0 Å². The molecule has 0 saturated heterocycles. The predicted molar refractivity (Wildman–Crippen MR) is 105 cm³/mol. The van der Waals surface area contributed by atoms with Crippen molar-refractivity contribution in [1.29, 1.82) is 0 Å². The van der Waals surface area contributed by atoms with Crippen LogP contribution < -0.4 is 10.6 Å². The highest BCUT2D eigenvalue weighted by atomic mass is 127. The van der Waals surface area contributed by atoms with E-state index in [0.717, 1.165) is 31.6 Å². The second-order valence-electron chi connectivity index (χ2n) is 6.03. The molecule has 132 valence electrons. The van der Waals surface area contributed by atoms with Crippen LogP contribution in [0.15, 0.2) is 4.99 Å². The lowest BCUT2D eigenvalue weighted by atomic mass is 9.94. The molecule has 0 aromatic carbocycles. The van der Waals surface area contributed by atoms with Gasteiger partial charge in [-0.05, 0) is 33.7 Å². The van der Waals surface area contributed by atoms with Crippen molar-refractivity contribution in [2.75, 3.05) is 40.4 Å².